The van der Waals surface area contributed by atoms with Crippen LogP contribution in [0.15, 0.2) is 0 Å². The first-order valence-electron chi connectivity index (χ1n) is 8.96. The highest BCUT2D eigenvalue weighted by atomic mass is 16.6. The van der Waals surface area contributed by atoms with Gasteiger partial charge in [-0.15, -0.1) is 0 Å². The quantitative estimate of drug-likeness (QED) is 0.866. The maximum atomic E-state index is 12.5. The van der Waals surface area contributed by atoms with Gasteiger partial charge in [-0.3, -0.25) is 4.79 Å². The van der Waals surface area contributed by atoms with Crippen LogP contribution in [0.3, 0.4) is 0 Å². The van der Waals surface area contributed by atoms with E-state index in [0.29, 0.717) is 18.5 Å². The van der Waals surface area contributed by atoms with E-state index in [-0.39, 0.29) is 23.8 Å². The molecule has 1 saturated heterocycles. The summed E-state index contributed by atoms with van der Waals surface area (Å²) in [5, 5.41) is 3.17. The number of amides is 2. The van der Waals surface area contributed by atoms with E-state index in [2.05, 4.69) is 5.32 Å². The molecule has 0 aromatic rings. The number of nitrogens with zero attached hydrogens (tertiary/aromatic N) is 1. The molecule has 2 aliphatic carbocycles. The third kappa shape index (κ3) is 3.81. The molecule has 0 unspecified atom stereocenters. The molecule has 1 N–H and O–H groups in total. The molecule has 2 saturated carbocycles. The third-order valence-electron chi connectivity index (χ3n) is 5.55. The van der Waals surface area contributed by atoms with E-state index in [0.717, 1.165) is 12.5 Å². The predicted molar refractivity (Wildman–Crippen MR) is 87.9 cm³/mol. The highest BCUT2D eigenvalue weighted by molar-refractivity contribution is 5.81. The number of likely N-dealkylation sites (tertiary alicyclic amines) is 1. The first-order chi connectivity index (χ1) is 10.7. The largest absolute Gasteiger partial charge is 0.444 e. The number of ether oxygens (including phenoxy) is 1. The predicted octanol–water partition coefficient (Wildman–Crippen LogP) is 2.80. The maximum absolute atomic E-state index is 12.5. The molecule has 3 fully saturated rings. The average molecular weight is 322 g/mol. The summed E-state index contributed by atoms with van der Waals surface area (Å²) in [5.74, 6) is 1.02. The summed E-state index contributed by atoms with van der Waals surface area (Å²) in [7, 11) is 0. The van der Waals surface area contributed by atoms with Crippen LogP contribution >= 0.6 is 0 Å². The fraction of sp³-hybridized carbons (Fsp3) is 0.889. The summed E-state index contributed by atoms with van der Waals surface area (Å²) in [6, 6.07) is 0. The van der Waals surface area contributed by atoms with Gasteiger partial charge in [0.25, 0.3) is 0 Å². The Morgan fingerprint density at radius 1 is 1.22 bits per heavy atom. The summed E-state index contributed by atoms with van der Waals surface area (Å²) < 4.78 is 5.42. The number of nitrogens with one attached hydrogen (secondary N) is 1. The number of hydrogen-bond donors (Lipinski definition) is 1. The number of carbonyl (C=O) groups excluding carboxylic acids is 2. The maximum Gasteiger partial charge on any atom is 0.410 e. The van der Waals surface area contributed by atoms with Crippen molar-refractivity contribution in [3.8, 4) is 0 Å². The lowest BCUT2D eigenvalue weighted by Crippen LogP contribution is -2.39. The van der Waals surface area contributed by atoms with Crippen molar-refractivity contribution in [2.45, 2.75) is 59.0 Å². The van der Waals surface area contributed by atoms with E-state index >= 15 is 0 Å². The summed E-state index contributed by atoms with van der Waals surface area (Å²) in [6.45, 7) is 9.53. The van der Waals surface area contributed by atoms with Gasteiger partial charge < -0.3 is 15.0 Å². The number of rotatable bonds is 4. The van der Waals surface area contributed by atoms with Gasteiger partial charge in [0.2, 0.25) is 5.91 Å². The van der Waals surface area contributed by atoms with Gasteiger partial charge >= 0.3 is 6.09 Å². The molecule has 1 aliphatic heterocycles. The Morgan fingerprint density at radius 2 is 1.87 bits per heavy atom. The zero-order valence-corrected chi connectivity index (χ0v) is 14.9. The second-order valence-electron chi connectivity index (χ2n) is 8.82. The van der Waals surface area contributed by atoms with Crippen LogP contribution in [0.25, 0.3) is 0 Å². The van der Waals surface area contributed by atoms with Crippen LogP contribution in [0.5, 0.6) is 0 Å². The summed E-state index contributed by atoms with van der Waals surface area (Å²) in [6.07, 6.45) is 4.89. The van der Waals surface area contributed by atoms with E-state index in [1.54, 1.807) is 4.90 Å². The standard InChI is InChI=1S/C18H30N2O3/c1-12-9-20(16(22)23-17(2,3)4)10-14(12)15(21)19-11-18(7-8-18)13-5-6-13/h12-14H,5-11H2,1-4H3,(H,19,21)/t12-,14-/m1/s1. The molecule has 0 bridgehead atoms. The molecular weight excluding hydrogens is 292 g/mol. The second-order valence-corrected chi connectivity index (χ2v) is 8.82. The van der Waals surface area contributed by atoms with Crippen LogP contribution in [0.2, 0.25) is 0 Å². The lowest BCUT2D eigenvalue weighted by Gasteiger charge is -2.24. The van der Waals surface area contributed by atoms with Crippen molar-refractivity contribution in [2.24, 2.45) is 23.2 Å². The Balaban J connectivity index is 1.50. The van der Waals surface area contributed by atoms with Gasteiger partial charge in [-0.05, 0) is 63.7 Å². The first kappa shape index (κ1) is 16.6. The van der Waals surface area contributed by atoms with Gasteiger partial charge in [-0.25, -0.2) is 4.79 Å². The SMILES string of the molecule is C[C@@H]1CN(C(=O)OC(C)(C)C)C[C@H]1C(=O)NCC1(C2CC2)CC1. The van der Waals surface area contributed by atoms with Crippen LogP contribution < -0.4 is 5.32 Å². The van der Waals surface area contributed by atoms with Crippen molar-refractivity contribution < 1.29 is 14.3 Å². The van der Waals surface area contributed by atoms with Crippen molar-refractivity contribution in [2.75, 3.05) is 19.6 Å². The topological polar surface area (TPSA) is 58.6 Å². The molecular formula is C18H30N2O3. The Hall–Kier alpha value is -1.26. The fourth-order valence-electron chi connectivity index (χ4n) is 3.76. The lowest BCUT2D eigenvalue weighted by atomic mass is 9.96. The zero-order chi connectivity index (χ0) is 16.8. The Kier molecular flexibility index (Phi) is 4.09. The van der Waals surface area contributed by atoms with Crippen molar-refractivity contribution in [1.29, 1.82) is 0 Å². The molecule has 3 rings (SSSR count). The van der Waals surface area contributed by atoms with Gasteiger partial charge in [0, 0.05) is 19.6 Å². The van der Waals surface area contributed by atoms with Crippen molar-refractivity contribution in [1.82, 2.24) is 10.2 Å². The second kappa shape index (κ2) is 5.67. The minimum atomic E-state index is -0.497. The minimum absolute atomic E-state index is 0.107. The lowest BCUT2D eigenvalue weighted by molar-refractivity contribution is -0.125. The number of hydrogen-bond acceptors (Lipinski definition) is 3. The Labute approximate surface area is 139 Å². The van der Waals surface area contributed by atoms with E-state index in [4.69, 9.17) is 4.74 Å². The fourth-order valence-corrected chi connectivity index (χ4v) is 3.76. The highest BCUT2D eigenvalue weighted by Crippen LogP contribution is 2.60. The molecule has 130 valence electrons. The summed E-state index contributed by atoms with van der Waals surface area (Å²) in [5.41, 5.74) is -0.0777. The van der Waals surface area contributed by atoms with Crippen LogP contribution in [-0.2, 0) is 9.53 Å². The van der Waals surface area contributed by atoms with E-state index in [1.165, 1.54) is 25.7 Å². The van der Waals surface area contributed by atoms with E-state index in [9.17, 15) is 9.59 Å². The average Bonchev–Trinajstić information content (AvgIpc) is 3.31. The van der Waals surface area contributed by atoms with Crippen LogP contribution in [-0.4, -0.2) is 42.1 Å². The van der Waals surface area contributed by atoms with Crippen LogP contribution in [0, 0.1) is 23.2 Å². The molecule has 5 nitrogen and oxygen atoms in total. The molecule has 5 heteroatoms. The Bertz CT molecular complexity index is 489. The molecule has 0 aromatic heterocycles. The van der Waals surface area contributed by atoms with Crippen LogP contribution in [0.4, 0.5) is 4.79 Å². The first-order valence-corrected chi connectivity index (χ1v) is 8.96. The minimum Gasteiger partial charge on any atom is -0.444 e. The van der Waals surface area contributed by atoms with E-state index < -0.39 is 5.60 Å². The summed E-state index contributed by atoms with van der Waals surface area (Å²) in [4.78, 5) is 26.4. The Morgan fingerprint density at radius 3 is 2.39 bits per heavy atom. The van der Waals surface area contributed by atoms with Gasteiger partial charge in [0.05, 0.1) is 5.92 Å². The summed E-state index contributed by atoms with van der Waals surface area (Å²) >= 11 is 0. The third-order valence-corrected chi connectivity index (χ3v) is 5.55. The monoisotopic (exact) mass is 322 g/mol. The van der Waals surface area contributed by atoms with Crippen LogP contribution in [0.1, 0.15) is 53.4 Å². The smallest absolute Gasteiger partial charge is 0.410 e. The molecule has 3 aliphatic rings. The van der Waals surface area contributed by atoms with E-state index in [1.807, 2.05) is 27.7 Å². The molecule has 2 amide bonds. The molecule has 0 radical (unpaired) electrons. The number of carbonyl (C=O) groups is 2. The molecule has 2 atom stereocenters. The van der Waals surface area contributed by atoms with Crippen molar-refractivity contribution in [3.63, 3.8) is 0 Å². The van der Waals surface area contributed by atoms with Gasteiger partial charge in [-0.2, -0.15) is 0 Å². The van der Waals surface area contributed by atoms with Crippen molar-refractivity contribution in [3.05, 3.63) is 0 Å². The molecule has 0 spiro atoms. The van der Waals surface area contributed by atoms with Gasteiger partial charge in [-0.1, -0.05) is 6.92 Å². The van der Waals surface area contributed by atoms with Crippen molar-refractivity contribution >= 4 is 12.0 Å². The zero-order valence-electron chi connectivity index (χ0n) is 14.9. The molecule has 23 heavy (non-hydrogen) atoms. The van der Waals surface area contributed by atoms with Gasteiger partial charge in [0.1, 0.15) is 5.60 Å². The normalized spacial score (nSPS) is 29.3. The molecule has 1 heterocycles. The van der Waals surface area contributed by atoms with Gasteiger partial charge in [0.15, 0.2) is 0 Å². The highest BCUT2D eigenvalue weighted by Gasteiger charge is 2.53. The molecule has 0 aromatic carbocycles.